The van der Waals surface area contributed by atoms with Gasteiger partial charge >= 0.3 is 0 Å². The molecule has 1 N–H and O–H groups in total. The van der Waals surface area contributed by atoms with Gasteiger partial charge in [0, 0.05) is 30.9 Å². The quantitative estimate of drug-likeness (QED) is 0.897. The van der Waals surface area contributed by atoms with Crippen molar-refractivity contribution in [2.24, 2.45) is 0 Å². The lowest BCUT2D eigenvalue weighted by Gasteiger charge is -2.34. The van der Waals surface area contributed by atoms with E-state index in [0.29, 0.717) is 6.04 Å². The molecule has 1 aromatic rings. The average Bonchev–Trinajstić information content (AvgIpc) is 2.46. The molecule has 2 rings (SSSR count). The van der Waals surface area contributed by atoms with Gasteiger partial charge in [-0.25, -0.2) is 0 Å². The number of nitrogens with one attached hydrogen (secondary N) is 1. The van der Waals surface area contributed by atoms with Crippen LogP contribution >= 0.6 is 15.9 Å². The summed E-state index contributed by atoms with van der Waals surface area (Å²) in [7, 11) is 1.71. The van der Waals surface area contributed by atoms with Gasteiger partial charge in [0.2, 0.25) is 0 Å². The number of rotatable bonds is 5. The number of ether oxygens (including phenoxy) is 1. The van der Waals surface area contributed by atoms with E-state index in [0.717, 1.165) is 29.9 Å². The number of piperidine rings is 1. The number of methoxy groups -OCH3 is 1. The summed E-state index contributed by atoms with van der Waals surface area (Å²) in [6.45, 7) is 5.59. The second-order valence-electron chi connectivity index (χ2n) is 5.03. The summed E-state index contributed by atoms with van der Waals surface area (Å²) in [5.41, 5.74) is 1.26. The highest BCUT2D eigenvalue weighted by Crippen LogP contribution is 2.30. The highest BCUT2D eigenvalue weighted by molar-refractivity contribution is 9.10. The zero-order chi connectivity index (χ0) is 13.7. The molecule has 4 heteroatoms. The smallest absolute Gasteiger partial charge is 0.135 e. The molecule has 1 aliphatic rings. The van der Waals surface area contributed by atoms with E-state index in [2.05, 4.69) is 51.3 Å². The Labute approximate surface area is 124 Å². The third-order valence-electron chi connectivity index (χ3n) is 3.68. The SMILES string of the molecule is CCCNC1CCN(c2ccc(Br)c(OC)c2)CC1. The van der Waals surface area contributed by atoms with Crippen molar-refractivity contribution in [3.63, 3.8) is 0 Å². The number of hydrogen-bond acceptors (Lipinski definition) is 3. The number of benzene rings is 1. The van der Waals surface area contributed by atoms with Crippen molar-refractivity contribution < 1.29 is 4.74 Å². The second-order valence-corrected chi connectivity index (χ2v) is 5.89. The first-order chi connectivity index (χ1) is 9.24. The lowest BCUT2D eigenvalue weighted by Crippen LogP contribution is -2.42. The van der Waals surface area contributed by atoms with Gasteiger partial charge in [0.25, 0.3) is 0 Å². The van der Waals surface area contributed by atoms with Crippen LogP contribution < -0.4 is 15.0 Å². The monoisotopic (exact) mass is 326 g/mol. The zero-order valence-electron chi connectivity index (χ0n) is 11.8. The molecule has 0 aliphatic carbocycles. The van der Waals surface area contributed by atoms with Gasteiger partial charge in [0.1, 0.15) is 5.75 Å². The van der Waals surface area contributed by atoms with Crippen molar-refractivity contribution in [1.82, 2.24) is 5.32 Å². The zero-order valence-corrected chi connectivity index (χ0v) is 13.4. The van der Waals surface area contributed by atoms with Crippen LogP contribution in [0.25, 0.3) is 0 Å². The molecule has 1 saturated heterocycles. The molecular weight excluding hydrogens is 304 g/mol. The second kappa shape index (κ2) is 7.15. The van der Waals surface area contributed by atoms with Crippen molar-refractivity contribution in [3.05, 3.63) is 22.7 Å². The standard InChI is InChI=1S/C15H23BrN2O/c1-3-8-17-12-6-9-18(10-7-12)13-4-5-14(16)15(11-13)19-2/h4-5,11-12,17H,3,6-10H2,1-2H3. The Hall–Kier alpha value is -0.740. The third-order valence-corrected chi connectivity index (χ3v) is 4.33. The van der Waals surface area contributed by atoms with Crippen LogP contribution in [0.2, 0.25) is 0 Å². The minimum atomic E-state index is 0.688. The predicted octanol–water partition coefficient (Wildman–Crippen LogP) is 3.43. The van der Waals surface area contributed by atoms with E-state index < -0.39 is 0 Å². The largest absolute Gasteiger partial charge is 0.495 e. The van der Waals surface area contributed by atoms with Gasteiger partial charge in [0.05, 0.1) is 11.6 Å². The molecule has 0 radical (unpaired) electrons. The lowest BCUT2D eigenvalue weighted by molar-refractivity contribution is 0.408. The van der Waals surface area contributed by atoms with Crippen LogP contribution in [0.15, 0.2) is 22.7 Å². The van der Waals surface area contributed by atoms with Crippen molar-refractivity contribution >= 4 is 21.6 Å². The van der Waals surface area contributed by atoms with Crippen LogP contribution in [0.1, 0.15) is 26.2 Å². The summed E-state index contributed by atoms with van der Waals surface area (Å²) >= 11 is 3.50. The normalized spacial score (nSPS) is 16.7. The summed E-state index contributed by atoms with van der Waals surface area (Å²) < 4.78 is 6.38. The van der Waals surface area contributed by atoms with E-state index in [9.17, 15) is 0 Å². The molecule has 0 aromatic heterocycles. The fraction of sp³-hybridized carbons (Fsp3) is 0.600. The molecule has 0 atom stereocenters. The van der Waals surface area contributed by atoms with Gasteiger partial charge < -0.3 is 15.0 Å². The highest BCUT2D eigenvalue weighted by Gasteiger charge is 2.19. The molecule has 0 saturated carbocycles. The van der Waals surface area contributed by atoms with Gasteiger partial charge in [0.15, 0.2) is 0 Å². The van der Waals surface area contributed by atoms with Crippen molar-refractivity contribution in [2.45, 2.75) is 32.2 Å². The summed E-state index contributed by atoms with van der Waals surface area (Å²) in [5, 5.41) is 3.62. The molecule has 1 heterocycles. The molecule has 0 spiro atoms. The average molecular weight is 327 g/mol. The van der Waals surface area contributed by atoms with E-state index >= 15 is 0 Å². The van der Waals surface area contributed by atoms with Crippen molar-refractivity contribution in [2.75, 3.05) is 31.6 Å². The van der Waals surface area contributed by atoms with Gasteiger partial charge in [-0.15, -0.1) is 0 Å². The maximum atomic E-state index is 5.36. The number of hydrogen-bond donors (Lipinski definition) is 1. The van der Waals surface area contributed by atoms with E-state index in [4.69, 9.17) is 4.74 Å². The van der Waals surface area contributed by atoms with Crippen LogP contribution in [0.5, 0.6) is 5.75 Å². The fourth-order valence-electron chi connectivity index (χ4n) is 2.54. The predicted molar refractivity (Wildman–Crippen MR) is 84.2 cm³/mol. The fourth-order valence-corrected chi connectivity index (χ4v) is 2.94. The molecule has 1 fully saturated rings. The van der Waals surface area contributed by atoms with Gasteiger partial charge in [-0.2, -0.15) is 0 Å². The lowest BCUT2D eigenvalue weighted by atomic mass is 10.0. The van der Waals surface area contributed by atoms with Gasteiger partial charge in [-0.05, 0) is 53.9 Å². The summed E-state index contributed by atoms with van der Waals surface area (Å²) in [6.07, 6.45) is 3.65. The molecule has 0 bridgehead atoms. The first kappa shape index (κ1) is 14.7. The van der Waals surface area contributed by atoms with E-state index in [-0.39, 0.29) is 0 Å². The molecular formula is C15H23BrN2O. The maximum Gasteiger partial charge on any atom is 0.135 e. The summed E-state index contributed by atoms with van der Waals surface area (Å²) in [6, 6.07) is 7.03. The number of anilines is 1. The molecule has 19 heavy (non-hydrogen) atoms. The Morgan fingerprint density at radius 3 is 2.74 bits per heavy atom. The van der Waals surface area contributed by atoms with Crippen molar-refractivity contribution in [3.8, 4) is 5.75 Å². The Balaban J connectivity index is 1.94. The van der Waals surface area contributed by atoms with Crippen LogP contribution in [0.3, 0.4) is 0 Å². The maximum absolute atomic E-state index is 5.36. The Morgan fingerprint density at radius 2 is 2.11 bits per heavy atom. The number of nitrogens with zero attached hydrogens (tertiary/aromatic N) is 1. The van der Waals surface area contributed by atoms with Crippen molar-refractivity contribution in [1.29, 1.82) is 0 Å². The Kier molecular flexibility index (Phi) is 5.52. The van der Waals surface area contributed by atoms with Gasteiger partial charge in [-0.1, -0.05) is 6.92 Å². The molecule has 0 amide bonds. The summed E-state index contributed by atoms with van der Waals surface area (Å²) in [4.78, 5) is 2.44. The van der Waals surface area contributed by atoms with E-state index in [1.807, 2.05) is 0 Å². The first-order valence-corrected chi connectivity index (χ1v) is 7.85. The highest BCUT2D eigenvalue weighted by atomic mass is 79.9. The molecule has 0 unspecified atom stereocenters. The summed E-state index contributed by atoms with van der Waals surface area (Å²) in [5.74, 6) is 0.906. The van der Waals surface area contributed by atoms with Crippen LogP contribution in [-0.2, 0) is 0 Å². The van der Waals surface area contributed by atoms with Crippen LogP contribution in [0.4, 0.5) is 5.69 Å². The molecule has 106 valence electrons. The molecule has 1 aliphatic heterocycles. The van der Waals surface area contributed by atoms with Crippen LogP contribution in [0, 0.1) is 0 Å². The minimum Gasteiger partial charge on any atom is -0.495 e. The molecule has 1 aromatic carbocycles. The molecule has 3 nitrogen and oxygen atoms in total. The van der Waals surface area contributed by atoms with Crippen LogP contribution in [-0.4, -0.2) is 32.8 Å². The Morgan fingerprint density at radius 1 is 1.37 bits per heavy atom. The number of halogens is 1. The third kappa shape index (κ3) is 3.86. The topological polar surface area (TPSA) is 24.5 Å². The van der Waals surface area contributed by atoms with E-state index in [1.54, 1.807) is 7.11 Å². The van der Waals surface area contributed by atoms with E-state index in [1.165, 1.54) is 24.9 Å². The van der Waals surface area contributed by atoms with Gasteiger partial charge in [-0.3, -0.25) is 0 Å². The Bertz CT molecular complexity index is 403. The first-order valence-electron chi connectivity index (χ1n) is 7.06. The minimum absolute atomic E-state index is 0.688.